The van der Waals surface area contributed by atoms with Crippen molar-refractivity contribution in [2.75, 3.05) is 89.5 Å². The van der Waals surface area contributed by atoms with E-state index in [-0.39, 0.29) is 5.75 Å². The molecule has 3 aromatic carbocycles. The molecule has 2 aliphatic heterocycles. The second kappa shape index (κ2) is 17.7. The molecule has 6 rings (SSSR count). The smallest absolute Gasteiger partial charge is 0.200 e. The molecule has 0 bridgehead atoms. The van der Waals surface area contributed by atoms with E-state index in [0.717, 1.165) is 99.6 Å². The first-order valence-electron chi connectivity index (χ1n) is 19.4. The number of nitrogens with one attached hydrogen (secondary N) is 1. The lowest BCUT2D eigenvalue weighted by molar-refractivity contribution is 0.258. The van der Waals surface area contributed by atoms with Gasteiger partial charge in [0.2, 0.25) is 5.75 Å². The molecule has 0 unspecified atom stereocenters. The van der Waals surface area contributed by atoms with Crippen LogP contribution in [0, 0.1) is 0 Å². The molecule has 0 radical (unpaired) electrons. The summed E-state index contributed by atoms with van der Waals surface area (Å²) >= 11 is 13.1. The minimum absolute atomic E-state index is 0.0367. The summed E-state index contributed by atoms with van der Waals surface area (Å²) in [6.07, 6.45) is 2.37. The number of H-pyrrole nitrogens is 1. The average molecular weight is 810 g/mol. The number of hydrogen-bond donors (Lipinski definition) is 2. The number of anilines is 2. The molecule has 2 aliphatic rings. The van der Waals surface area contributed by atoms with E-state index in [2.05, 4.69) is 99.3 Å². The van der Waals surface area contributed by atoms with Crippen molar-refractivity contribution in [1.82, 2.24) is 19.8 Å². The Labute approximate surface area is 333 Å². The first kappa shape index (κ1) is 40.5. The van der Waals surface area contributed by atoms with Crippen LogP contribution < -0.4 is 19.3 Å². The van der Waals surface area contributed by atoms with Gasteiger partial charge in [0.1, 0.15) is 5.82 Å². The molecule has 3 heterocycles. The predicted molar refractivity (Wildman–Crippen MR) is 232 cm³/mol. The first-order valence-corrected chi connectivity index (χ1v) is 27.8. The summed E-state index contributed by atoms with van der Waals surface area (Å²) in [7, 11) is 0.0403. The number of halogens is 2. The van der Waals surface area contributed by atoms with Crippen LogP contribution in [0.25, 0.3) is 33.9 Å². The molecule has 1 aromatic heterocycles. The van der Waals surface area contributed by atoms with Crippen LogP contribution in [0.3, 0.4) is 0 Å². The zero-order valence-electron chi connectivity index (χ0n) is 32.9. The highest BCUT2D eigenvalue weighted by Gasteiger charge is 2.24. The number of hydrogen-bond acceptors (Lipinski definition) is 8. The van der Waals surface area contributed by atoms with Crippen molar-refractivity contribution in [1.29, 1.82) is 0 Å². The van der Waals surface area contributed by atoms with Crippen LogP contribution in [0.1, 0.15) is 12.8 Å². The lowest BCUT2D eigenvalue weighted by Crippen LogP contribution is -2.46. The van der Waals surface area contributed by atoms with Crippen LogP contribution in [-0.4, -0.2) is 119 Å². The Hall–Kier alpha value is -3.20. The second-order valence-electron chi connectivity index (χ2n) is 15.9. The normalized spacial score (nSPS) is 16.2. The summed E-state index contributed by atoms with van der Waals surface area (Å²) in [5.41, 5.74) is 7.10. The Morgan fingerprint density at radius 1 is 0.648 bits per heavy atom. The minimum Gasteiger partial charge on any atom is -0.502 e. The maximum atomic E-state index is 10.6. The van der Waals surface area contributed by atoms with Crippen molar-refractivity contribution in [2.24, 2.45) is 0 Å². The molecule has 0 atom stereocenters. The number of piperazine rings is 2. The predicted octanol–water partition coefficient (Wildman–Crippen LogP) is 9.05. The molecule has 4 aromatic rings. The number of nitrogens with zero attached hydrogens (tertiary/aromatic N) is 5. The van der Waals surface area contributed by atoms with Gasteiger partial charge in [-0.3, -0.25) is 9.80 Å². The minimum atomic E-state index is -1.52. The van der Waals surface area contributed by atoms with E-state index in [0.29, 0.717) is 17.3 Å². The first-order chi connectivity index (χ1) is 25.8. The Morgan fingerprint density at radius 2 is 1.07 bits per heavy atom. The highest BCUT2D eigenvalue weighted by atomic mass is 35.6. The summed E-state index contributed by atoms with van der Waals surface area (Å²) in [5.74, 6) is 1.28. The number of methoxy groups -OCH3 is 2. The zero-order chi connectivity index (χ0) is 38.5. The largest absolute Gasteiger partial charge is 0.502 e. The molecular weight excluding hydrogens is 752 g/mol. The van der Waals surface area contributed by atoms with Crippen LogP contribution in [-0.2, 0) is 0 Å². The van der Waals surface area contributed by atoms with Gasteiger partial charge in [0.05, 0.1) is 25.6 Å². The van der Waals surface area contributed by atoms with Crippen molar-refractivity contribution in [3.05, 3.63) is 60.7 Å². The van der Waals surface area contributed by atoms with E-state index in [1.54, 1.807) is 12.1 Å². The molecule has 0 amide bonds. The van der Waals surface area contributed by atoms with Gasteiger partial charge in [-0.15, -0.1) is 0 Å². The number of ether oxygens (including phenoxy) is 2. The molecule has 2 saturated heterocycles. The van der Waals surface area contributed by atoms with Gasteiger partial charge < -0.3 is 29.4 Å². The molecular formula is C41H58Cl2N6O3Si2. The Balaban J connectivity index is 1.20. The van der Waals surface area contributed by atoms with Gasteiger partial charge in [0, 0.05) is 80.4 Å². The molecule has 54 heavy (non-hydrogen) atoms. The van der Waals surface area contributed by atoms with Crippen LogP contribution in [0.4, 0.5) is 11.4 Å². The van der Waals surface area contributed by atoms with Gasteiger partial charge in [0.25, 0.3) is 0 Å². The Morgan fingerprint density at radius 3 is 1.48 bits per heavy atom. The third-order valence-corrected chi connectivity index (χ3v) is 14.9. The quantitative estimate of drug-likeness (QED) is 0.0911. The van der Waals surface area contributed by atoms with Crippen molar-refractivity contribution in [2.45, 2.75) is 51.1 Å². The number of imidazole rings is 1. The third-order valence-electron chi connectivity index (χ3n) is 10.7. The van der Waals surface area contributed by atoms with Crippen molar-refractivity contribution < 1.29 is 14.6 Å². The summed E-state index contributed by atoms with van der Waals surface area (Å²) in [6, 6.07) is 23.5. The summed E-state index contributed by atoms with van der Waals surface area (Å²) in [5, 5.41) is 10.6. The maximum Gasteiger partial charge on any atom is 0.200 e. The monoisotopic (exact) mass is 808 g/mol. The maximum absolute atomic E-state index is 10.6. The van der Waals surface area contributed by atoms with Gasteiger partial charge in [-0.05, 0) is 74.4 Å². The average Bonchev–Trinajstić information content (AvgIpc) is 3.60. The van der Waals surface area contributed by atoms with E-state index >= 15 is 0 Å². The van der Waals surface area contributed by atoms with Gasteiger partial charge in [-0.25, -0.2) is 4.98 Å². The van der Waals surface area contributed by atoms with E-state index in [9.17, 15) is 5.11 Å². The standard InChI is InChI=1S/C41H58Cl2N6O3Si2/c1-51-36-29-33(30-37(52-2)40(36)50)41-44-38(31-9-13-34(14-10-31)48-23-19-46(20-24-48)17-7-27-53(3,4)42)39(45-41)32-11-15-35(16-12-32)49-25-21-47(22-26-49)18-8-28-54(5,6)43/h9-16,29-30,50H,7-8,17-28H2,1-6H3,(H,44,45). The molecule has 13 heteroatoms. The molecule has 9 nitrogen and oxygen atoms in total. The molecule has 292 valence electrons. The fourth-order valence-electron chi connectivity index (χ4n) is 7.53. The molecule has 2 fully saturated rings. The summed E-state index contributed by atoms with van der Waals surface area (Å²) in [4.78, 5) is 18.9. The van der Waals surface area contributed by atoms with Crippen molar-refractivity contribution >= 4 is 48.3 Å². The fourth-order valence-corrected chi connectivity index (χ4v) is 10.3. The molecule has 0 spiro atoms. The second-order valence-corrected chi connectivity index (χ2v) is 29.9. The van der Waals surface area contributed by atoms with Crippen molar-refractivity contribution in [3.8, 4) is 51.2 Å². The number of phenols is 1. The number of benzene rings is 3. The van der Waals surface area contributed by atoms with Crippen LogP contribution in [0.5, 0.6) is 17.2 Å². The number of aromatic amines is 1. The topological polar surface area (TPSA) is 80.3 Å². The number of aromatic nitrogens is 2. The molecule has 0 saturated carbocycles. The van der Waals surface area contributed by atoms with Crippen LogP contribution in [0.15, 0.2) is 60.7 Å². The third kappa shape index (κ3) is 10.6. The van der Waals surface area contributed by atoms with E-state index in [1.807, 2.05) is 0 Å². The van der Waals surface area contributed by atoms with Crippen LogP contribution in [0.2, 0.25) is 38.3 Å². The van der Waals surface area contributed by atoms with E-state index in [1.165, 1.54) is 44.5 Å². The fraction of sp³-hybridized carbons (Fsp3) is 0.488. The lowest BCUT2D eigenvalue weighted by Gasteiger charge is -2.36. The zero-order valence-corrected chi connectivity index (χ0v) is 36.4. The van der Waals surface area contributed by atoms with Gasteiger partial charge in [-0.2, -0.15) is 22.2 Å². The molecule has 2 N–H and O–H groups in total. The number of phenolic OH excluding ortho intramolecular Hbond substituents is 1. The molecule has 0 aliphatic carbocycles. The van der Waals surface area contributed by atoms with Crippen LogP contribution >= 0.6 is 22.2 Å². The van der Waals surface area contributed by atoms with E-state index in [4.69, 9.17) is 36.6 Å². The summed E-state index contributed by atoms with van der Waals surface area (Å²) in [6.45, 7) is 19.5. The summed E-state index contributed by atoms with van der Waals surface area (Å²) < 4.78 is 11.0. The number of rotatable bonds is 15. The van der Waals surface area contributed by atoms with Crippen molar-refractivity contribution in [3.63, 3.8) is 0 Å². The van der Waals surface area contributed by atoms with Gasteiger partial charge in [-0.1, -0.05) is 50.5 Å². The lowest BCUT2D eigenvalue weighted by atomic mass is 10.0. The van der Waals surface area contributed by atoms with Gasteiger partial charge >= 0.3 is 0 Å². The Bertz CT molecular complexity index is 1690. The highest BCUT2D eigenvalue weighted by molar-refractivity contribution is 7.19. The Kier molecular flexibility index (Phi) is 13.3. The highest BCUT2D eigenvalue weighted by Crippen LogP contribution is 2.42. The number of aromatic hydroxyl groups is 1. The van der Waals surface area contributed by atoms with Gasteiger partial charge in [0.15, 0.2) is 26.3 Å². The van der Waals surface area contributed by atoms with E-state index < -0.39 is 14.8 Å². The SMILES string of the molecule is COc1cc(-c2nc(-c3ccc(N4CCN(CCC[Si](C)(C)Cl)CC4)cc3)c(-c3ccc(N4CCN(CCC[Si](C)(C)Cl)CC4)cc3)[nH]2)cc(OC)c1O.